The maximum absolute atomic E-state index is 13.4. The number of hydrogen-bond donors (Lipinski definition) is 0. The molecule has 3 fully saturated rings. The van der Waals surface area contributed by atoms with E-state index in [4.69, 9.17) is 4.74 Å². The van der Waals surface area contributed by atoms with Crippen molar-refractivity contribution in [2.24, 2.45) is 28.6 Å². The van der Waals surface area contributed by atoms with Crippen LogP contribution in [0.1, 0.15) is 65.7 Å². The highest BCUT2D eigenvalue weighted by Crippen LogP contribution is 2.64. The van der Waals surface area contributed by atoms with E-state index in [1.165, 1.54) is 12.5 Å². The fraction of sp³-hybridized carbons (Fsp3) is 0.615. The summed E-state index contributed by atoms with van der Waals surface area (Å²) in [5, 5.41) is 0. The summed E-state index contributed by atoms with van der Waals surface area (Å²) in [6.07, 6.45) is 15.6. The Morgan fingerprint density at radius 3 is 2.57 bits per heavy atom. The standard InChI is InChI=1S/C26H33NO3/c1-17(28)30-20-8-10-25(2)19(15-20)6-7-21-22(25)9-11-26(3)23(21)14-18(24(26)29)16-27-12-4-5-13-27/h4-6,12-13,16,20-23H,7-11,14-15H2,1-3H3/b18-16+/t20-,21+,22-,23-,25-,26-/m0/s1. The van der Waals surface area contributed by atoms with Gasteiger partial charge >= 0.3 is 5.97 Å². The van der Waals surface area contributed by atoms with Gasteiger partial charge in [0.25, 0.3) is 0 Å². The predicted octanol–water partition coefficient (Wildman–Crippen LogP) is 5.40. The molecule has 0 amide bonds. The first-order valence-electron chi connectivity index (χ1n) is 11.6. The molecule has 4 nitrogen and oxygen atoms in total. The number of esters is 1. The predicted molar refractivity (Wildman–Crippen MR) is 116 cm³/mol. The number of rotatable bonds is 2. The number of hydrogen-bond acceptors (Lipinski definition) is 3. The summed E-state index contributed by atoms with van der Waals surface area (Å²) < 4.78 is 7.57. The smallest absolute Gasteiger partial charge is 0.302 e. The monoisotopic (exact) mass is 407 g/mol. The zero-order valence-corrected chi connectivity index (χ0v) is 18.4. The minimum absolute atomic E-state index is 0.0383. The minimum Gasteiger partial charge on any atom is -0.462 e. The number of Topliss-reactive ketones (excluding diaryl/α,β-unsaturated/α-hetero) is 1. The number of fused-ring (bicyclic) bond motifs is 5. The van der Waals surface area contributed by atoms with Gasteiger partial charge in [-0.3, -0.25) is 9.59 Å². The topological polar surface area (TPSA) is 48.3 Å². The fourth-order valence-electron chi connectivity index (χ4n) is 7.36. The SMILES string of the molecule is CC(=O)O[C@H]1CC[C@@]2(C)C(=CC[C@@H]3[C@@H]2CC[C@]2(C)C(=O)/C(=C/n4cccc4)C[C@@H]32)C1. The van der Waals surface area contributed by atoms with Crippen LogP contribution < -0.4 is 0 Å². The second-order valence-electron chi connectivity index (χ2n) is 10.5. The van der Waals surface area contributed by atoms with E-state index in [-0.39, 0.29) is 22.9 Å². The lowest BCUT2D eigenvalue weighted by molar-refractivity contribution is -0.148. The van der Waals surface area contributed by atoms with Crippen molar-refractivity contribution in [3.8, 4) is 0 Å². The summed E-state index contributed by atoms with van der Waals surface area (Å²) in [5.41, 5.74) is 2.48. The molecule has 0 saturated heterocycles. The highest BCUT2D eigenvalue weighted by Gasteiger charge is 2.60. The summed E-state index contributed by atoms with van der Waals surface area (Å²) in [6, 6.07) is 4.00. The number of carbonyl (C=O) groups excluding carboxylic acids is 2. The minimum atomic E-state index is -0.212. The summed E-state index contributed by atoms with van der Waals surface area (Å²) >= 11 is 0. The molecule has 4 heteroatoms. The van der Waals surface area contributed by atoms with Crippen LogP contribution in [-0.4, -0.2) is 22.4 Å². The number of ketones is 1. The average molecular weight is 408 g/mol. The Bertz CT molecular complexity index is 926. The van der Waals surface area contributed by atoms with Gasteiger partial charge < -0.3 is 9.30 Å². The third-order valence-electron chi connectivity index (χ3n) is 8.96. The van der Waals surface area contributed by atoms with Crippen molar-refractivity contribution in [2.75, 3.05) is 0 Å². The van der Waals surface area contributed by atoms with Crippen molar-refractivity contribution in [1.82, 2.24) is 4.57 Å². The first-order chi connectivity index (χ1) is 14.3. The van der Waals surface area contributed by atoms with Crippen LogP contribution >= 0.6 is 0 Å². The van der Waals surface area contributed by atoms with Gasteiger partial charge in [0.15, 0.2) is 5.78 Å². The van der Waals surface area contributed by atoms with Crippen molar-refractivity contribution in [3.63, 3.8) is 0 Å². The van der Waals surface area contributed by atoms with Crippen LogP contribution in [0.2, 0.25) is 0 Å². The Balaban J connectivity index is 1.43. The van der Waals surface area contributed by atoms with Gasteiger partial charge in [0, 0.05) is 42.9 Å². The van der Waals surface area contributed by atoms with E-state index < -0.39 is 0 Å². The van der Waals surface area contributed by atoms with Gasteiger partial charge in [-0.1, -0.05) is 25.5 Å². The van der Waals surface area contributed by atoms with Gasteiger partial charge in [-0.2, -0.15) is 0 Å². The number of carbonyl (C=O) groups is 2. The Hall–Kier alpha value is -2.10. The van der Waals surface area contributed by atoms with Crippen LogP contribution in [0.15, 0.2) is 41.7 Å². The molecule has 0 radical (unpaired) electrons. The lowest BCUT2D eigenvalue weighted by atomic mass is 9.48. The second-order valence-corrected chi connectivity index (χ2v) is 10.5. The van der Waals surface area contributed by atoms with Crippen molar-refractivity contribution in [2.45, 2.75) is 71.8 Å². The molecule has 0 aliphatic heterocycles. The van der Waals surface area contributed by atoms with Gasteiger partial charge in [0.2, 0.25) is 0 Å². The van der Waals surface area contributed by atoms with Crippen LogP contribution in [0.3, 0.4) is 0 Å². The highest BCUT2D eigenvalue weighted by atomic mass is 16.5. The zero-order chi connectivity index (χ0) is 21.1. The molecule has 6 atom stereocenters. The molecule has 0 N–H and O–H groups in total. The third-order valence-corrected chi connectivity index (χ3v) is 8.96. The molecule has 4 aliphatic rings. The lowest BCUT2D eigenvalue weighted by Crippen LogP contribution is -2.50. The van der Waals surface area contributed by atoms with E-state index in [0.717, 1.165) is 50.5 Å². The molecule has 5 rings (SSSR count). The summed E-state index contributed by atoms with van der Waals surface area (Å²) in [7, 11) is 0. The Morgan fingerprint density at radius 2 is 1.83 bits per heavy atom. The van der Waals surface area contributed by atoms with Gasteiger partial charge in [0.05, 0.1) is 0 Å². The van der Waals surface area contributed by atoms with E-state index in [0.29, 0.717) is 23.5 Å². The molecular weight excluding hydrogens is 374 g/mol. The first kappa shape index (κ1) is 19.8. The Kier molecular flexibility index (Phi) is 4.61. The zero-order valence-electron chi connectivity index (χ0n) is 18.4. The molecular formula is C26H33NO3. The van der Waals surface area contributed by atoms with E-state index in [2.05, 4.69) is 26.1 Å². The average Bonchev–Trinajstić information content (AvgIpc) is 3.29. The Labute approximate surface area is 179 Å². The third kappa shape index (κ3) is 2.94. The normalized spacial score (nSPS) is 41.6. The molecule has 4 aliphatic carbocycles. The molecule has 1 aromatic rings. The maximum atomic E-state index is 13.4. The first-order valence-corrected chi connectivity index (χ1v) is 11.6. The molecule has 0 unspecified atom stereocenters. The second kappa shape index (κ2) is 6.96. The van der Waals surface area contributed by atoms with Crippen LogP contribution in [0.25, 0.3) is 6.20 Å². The van der Waals surface area contributed by atoms with Crippen molar-refractivity contribution < 1.29 is 14.3 Å². The van der Waals surface area contributed by atoms with Crippen molar-refractivity contribution in [1.29, 1.82) is 0 Å². The van der Waals surface area contributed by atoms with Crippen molar-refractivity contribution >= 4 is 18.0 Å². The number of aromatic nitrogens is 1. The van der Waals surface area contributed by atoms with Gasteiger partial charge in [-0.15, -0.1) is 0 Å². The lowest BCUT2D eigenvalue weighted by Gasteiger charge is -2.56. The molecule has 0 bridgehead atoms. The van der Waals surface area contributed by atoms with Crippen LogP contribution in [0.4, 0.5) is 0 Å². The van der Waals surface area contributed by atoms with Crippen molar-refractivity contribution in [3.05, 3.63) is 41.7 Å². The van der Waals surface area contributed by atoms with Gasteiger partial charge in [0.1, 0.15) is 6.10 Å². The fourth-order valence-corrected chi connectivity index (χ4v) is 7.36. The van der Waals surface area contributed by atoms with Gasteiger partial charge in [-0.25, -0.2) is 0 Å². The van der Waals surface area contributed by atoms with Crippen LogP contribution in [-0.2, 0) is 14.3 Å². The molecule has 0 spiro atoms. The number of nitrogens with zero attached hydrogens (tertiary/aromatic N) is 1. The number of ether oxygens (including phenoxy) is 1. The highest BCUT2D eigenvalue weighted by molar-refractivity contribution is 6.04. The molecule has 3 saturated carbocycles. The van der Waals surface area contributed by atoms with Crippen LogP contribution in [0, 0.1) is 28.6 Å². The van der Waals surface area contributed by atoms with E-state index >= 15 is 0 Å². The molecule has 0 aromatic carbocycles. The molecule has 30 heavy (non-hydrogen) atoms. The van der Waals surface area contributed by atoms with E-state index in [1.807, 2.05) is 29.1 Å². The Morgan fingerprint density at radius 1 is 1.10 bits per heavy atom. The van der Waals surface area contributed by atoms with Crippen LogP contribution in [0.5, 0.6) is 0 Å². The van der Waals surface area contributed by atoms with E-state index in [9.17, 15) is 9.59 Å². The molecule has 1 heterocycles. The molecule has 1 aromatic heterocycles. The quantitative estimate of drug-likeness (QED) is 0.374. The number of allylic oxidation sites excluding steroid dienone is 2. The summed E-state index contributed by atoms with van der Waals surface area (Å²) in [5.74, 6) is 1.84. The molecule has 160 valence electrons. The largest absolute Gasteiger partial charge is 0.462 e. The summed E-state index contributed by atoms with van der Waals surface area (Å²) in [6.45, 7) is 6.18. The van der Waals surface area contributed by atoms with E-state index in [1.54, 1.807) is 0 Å². The van der Waals surface area contributed by atoms with Gasteiger partial charge in [-0.05, 0) is 73.8 Å². The summed E-state index contributed by atoms with van der Waals surface area (Å²) in [4.78, 5) is 24.9. The maximum Gasteiger partial charge on any atom is 0.302 e.